The molecule has 0 saturated heterocycles. The van der Waals surface area contributed by atoms with E-state index in [-0.39, 0.29) is 29.7 Å². The molecule has 0 atom stereocenters. The number of nitro benzene ring substituents is 1. The summed E-state index contributed by atoms with van der Waals surface area (Å²) in [4.78, 5) is 14.9. The van der Waals surface area contributed by atoms with Crippen molar-refractivity contribution in [3.8, 4) is 0 Å². The molecule has 1 heterocycles. The van der Waals surface area contributed by atoms with Crippen LogP contribution in [0.5, 0.6) is 0 Å². The zero-order chi connectivity index (χ0) is 18.2. The van der Waals surface area contributed by atoms with Crippen molar-refractivity contribution in [1.82, 2.24) is 15.8 Å². The monoisotopic (exact) mass is 473 g/mol. The fraction of sp³-hybridized carbons (Fsp3) is 0.412. The quantitative estimate of drug-likeness (QED) is 0.209. The van der Waals surface area contributed by atoms with Gasteiger partial charge in [-0.2, -0.15) is 0 Å². The van der Waals surface area contributed by atoms with Crippen LogP contribution < -0.4 is 10.6 Å². The third-order valence-corrected chi connectivity index (χ3v) is 3.48. The lowest BCUT2D eigenvalue weighted by molar-refractivity contribution is -0.384. The van der Waals surface area contributed by atoms with Crippen molar-refractivity contribution in [2.75, 3.05) is 6.54 Å². The Morgan fingerprint density at radius 2 is 2.12 bits per heavy atom. The number of nitrogens with zero attached hydrogens (tertiary/aromatic N) is 3. The fourth-order valence-electron chi connectivity index (χ4n) is 2.14. The highest BCUT2D eigenvalue weighted by Crippen LogP contribution is 2.14. The van der Waals surface area contributed by atoms with E-state index in [9.17, 15) is 10.1 Å². The van der Waals surface area contributed by atoms with Crippen LogP contribution in [0.15, 0.2) is 39.8 Å². The van der Waals surface area contributed by atoms with Gasteiger partial charge in [0.25, 0.3) is 5.69 Å². The minimum atomic E-state index is -0.410. The molecule has 0 spiro atoms. The average molecular weight is 473 g/mol. The Bertz CT molecular complexity index is 746. The number of nitrogens with one attached hydrogen (secondary N) is 2. The second kappa shape index (κ2) is 10.7. The number of hydrogen-bond acceptors (Lipinski definition) is 5. The Labute approximate surface area is 169 Å². The summed E-state index contributed by atoms with van der Waals surface area (Å²) in [5.41, 5.74) is 1.75. The van der Waals surface area contributed by atoms with E-state index < -0.39 is 4.92 Å². The van der Waals surface area contributed by atoms with Crippen LogP contribution >= 0.6 is 24.0 Å². The Morgan fingerprint density at radius 3 is 2.73 bits per heavy atom. The van der Waals surface area contributed by atoms with Crippen molar-refractivity contribution >= 4 is 35.6 Å². The Kier molecular flexibility index (Phi) is 9.03. The molecular weight excluding hydrogens is 449 g/mol. The molecule has 0 aliphatic carbocycles. The Hall–Kier alpha value is -2.17. The standard InChI is InChI=1S/C17H23N5O3.HI/c1-4-18-17(20-11-15-9-16(12(2)3)21-25-15)19-10-13-6-5-7-14(8-13)22(23)24;/h5-9,12H,4,10-11H2,1-3H3,(H2,18,19,20);1H. The SMILES string of the molecule is CCNC(=NCc1cccc([N+](=O)[O-])c1)NCc1cc(C(C)C)no1.I. The van der Waals surface area contributed by atoms with E-state index >= 15 is 0 Å². The highest BCUT2D eigenvalue weighted by atomic mass is 127. The maximum absolute atomic E-state index is 10.8. The smallest absolute Gasteiger partial charge is 0.269 e. The lowest BCUT2D eigenvalue weighted by atomic mass is 10.1. The maximum Gasteiger partial charge on any atom is 0.269 e. The molecule has 9 heteroatoms. The Morgan fingerprint density at radius 1 is 1.35 bits per heavy atom. The summed E-state index contributed by atoms with van der Waals surface area (Å²) in [5, 5.41) is 21.2. The predicted octanol–water partition coefficient (Wildman–Crippen LogP) is 3.58. The molecule has 0 amide bonds. The van der Waals surface area contributed by atoms with E-state index in [0.29, 0.717) is 31.5 Å². The molecule has 1 aromatic carbocycles. The van der Waals surface area contributed by atoms with E-state index in [4.69, 9.17) is 4.52 Å². The van der Waals surface area contributed by atoms with Crippen LogP contribution in [0.25, 0.3) is 0 Å². The van der Waals surface area contributed by atoms with Gasteiger partial charge in [0.15, 0.2) is 11.7 Å². The molecule has 0 fully saturated rings. The highest BCUT2D eigenvalue weighted by molar-refractivity contribution is 14.0. The number of guanidine groups is 1. The fourth-order valence-corrected chi connectivity index (χ4v) is 2.14. The van der Waals surface area contributed by atoms with Crippen molar-refractivity contribution in [2.24, 2.45) is 4.99 Å². The molecule has 1 aromatic heterocycles. The van der Waals surface area contributed by atoms with E-state index in [1.807, 2.05) is 19.1 Å². The minimum absolute atomic E-state index is 0. The van der Waals surface area contributed by atoms with E-state index in [0.717, 1.165) is 17.0 Å². The van der Waals surface area contributed by atoms with Gasteiger partial charge in [0, 0.05) is 24.7 Å². The van der Waals surface area contributed by atoms with Gasteiger partial charge in [0.1, 0.15) is 0 Å². The summed E-state index contributed by atoms with van der Waals surface area (Å²) in [7, 11) is 0. The van der Waals surface area contributed by atoms with Crippen molar-refractivity contribution in [1.29, 1.82) is 0 Å². The number of nitro groups is 1. The summed E-state index contributed by atoms with van der Waals surface area (Å²) in [6, 6.07) is 8.38. The number of aliphatic imine (C=N–C) groups is 1. The van der Waals surface area contributed by atoms with Gasteiger partial charge in [0.2, 0.25) is 0 Å². The lowest BCUT2D eigenvalue weighted by Gasteiger charge is -2.09. The molecule has 0 unspecified atom stereocenters. The number of aromatic nitrogens is 1. The molecule has 0 saturated carbocycles. The highest BCUT2D eigenvalue weighted by Gasteiger charge is 2.09. The second-order valence-electron chi connectivity index (χ2n) is 5.85. The molecule has 0 radical (unpaired) electrons. The van der Waals surface area contributed by atoms with E-state index in [1.54, 1.807) is 6.07 Å². The van der Waals surface area contributed by atoms with Gasteiger partial charge in [-0.1, -0.05) is 31.1 Å². The molecule has 2 rings (SSSR count). The summed E-state index contributed by atoms with van der Waals surface area (Å²) in [6.45, 7) is 7.58. The van der Waals surface area contributed by atoms with Crippen molar-refractivity contribution in [3.63, 3.8) is 0 Å². The van der Waals surface area contributed by atoms with Gasteiger partial charge in [-0.25, -0.2) is 4.99 Å². The zero-order valence-electron chi connectivity index (χ0n) is 15.1. The third-order valence-electron chi connectivity index (χ3n) is 3.48. The molecule has 26 heavy (non-hydrogen) atoms. The number of rotatable bonds is 7. The first-order valence-electron chi connectivity index (χ1n) is 8.20. The normalized spacial score (nSPS) is 11.2. The van der Waals surface area contributed by atoms with Crippen LogP contribution in [0, 0.1) is 10.1 Å². The van der Waals surface area contributed by atoms with Gasteiger partial charge in [-0.05, 0) is 18.4 Å². The molecular formula is C17H24IN5O3. The lowest BCUT2D eigenvalue weighted by Crippen LogP contribution is -2.36. The number of benzene rings is 1. The van der Waals surface area contributed by atoms with Gasteiger partial charge in [-0.3, -0.25) is 10.1 Å². The molecule has 142 valence electrons. The maximum atomic E-state index is 10.8. The summed E-state index contributed by atoms with van der Waals surface area (Å²) < 4.78 is 5.29. The van der Waals surface area contributed by atoms with Gasteiger partial charge in [-0.15, -0.1) is 24.0 Å². The van der Waals surface area contributed by atoms with Crippen molar-refractivity contribution in [3.05, 3.63) is 57.5 Å². The molecule has 0 aliphatic heterocycles. The van der Waals surface area contributed by atoms with Crippen LogP contribution in [0.3, 0.4) is 0 Å². The first-order valence-corrected chi connectivity index (χ1v) is 8.20. The van der Waals surface area contributed by atoms with Crippen molar-refractivity contribution in [2.45, 2.75) is 39.8 Å². The van der Waals surface area contributed by atoms with Crippen LogP contribution in [0.4, 0.5) is 5.69 Å². The molecule has 2 aromatic rings. The molecule has 0 aliphatic rings. The van der Waals surface area contributed by atoms with Gasteiger partial charge < -0.3 is 15.2 Å². The van der Waals surface area contributed by atoms with Gasteiger partial charge in [0.05, 0.1) is 23.7 Å². The summed E-state index contributed by atoms with van der Waals surface area (Å²) in [5.74, 6) is 1.65. The van der Waals surface area contributed by atoms with E-state index in [1.165, 1.54) is 12.1 Å². The number of halogens is 1. The van der Waals surface area contributed by atoms with E-state index in [2.05, 4.69) is 34.6 Å². The molecule has 2 N–H and O–H groups in total. The first kappa shape index (κ1) is 21.9. The van der Waals surface area contributed by atoms with Gasteiger partial charge >= 0.3 is 0 Å². The zero-order valence-corrected chi connectivity index (χ0v) is 17.4. The number of hydrogen-bond donors (Lipinski definition) is 2. The van der Waals surface area contributed by atoms with Crippen LogP contribution in [-0.2, 0) is 13.1 Å². The minimum Gasteiger partial charge on any atom is -0.359 e. The van der Waals surface area contributed by atoms with Crippen molar-refractivity contribution < 1.29 is 9.45 Å². The number of non-ortho nitro benzene ring substituents is 1. The summed E-state index contributed by atoms with van der Waals surface area (Å²) >= 11 is 0. The predicted molar refractivity (Wildman–Crippen MR) is 111 cm³/mol. The topological polar surface area (TPSA) is 106 Å². The molecule has 8 nitrogen and oxygen atoms in total. The second-order valence-corrected chi connectivity index (χ2v) is 5.85. The summed E-state index contributed by atoms with van der Waals surface area (Å²) in [6.07, 6.45) is 0. The van der Waals surface area contributed by atoms with Crippen LogP contribution in [0.2, 0.25) is 0 Å². The third kappa shape index (κ3) is 6.62. The largest absolute Gasteiger partial charge is 0.359 e. The Balaban J connectivity index is 0.00000338. The van der Waals surface area contributed by atoms with Crippen LogP contribution in [0.1, 0.15) is 43.7 Å². The molecule has 0 bridgehead atoms. The van der Waals surface area contributed by atoms with Crippen LogP contribution in [-0.4, -0.2) is 22.6 Å². The average Bonchev–Trinajstić information content (AvgIpc) is 3.07. The first-order chi connectivity index (χ1) is 12.0.